The average molecular weight is 668 g/mol. The number of pyridine rings is 1. The number of sulfonamides is 1. The summed E-state index contributed by atoms with van der Waals surface area (Å²) in [4.78, 5) is 4.50. The van der Waals surface area contributed by atoms with Crippen LogP contribution in [0.25, 0.3) is 10.4 Å². The van der Waals surface area contributed by atoms with Crippen LogP contribution in [0.1, 0.15) is 0 Å². The van der Waals surface area contributed by atoms with Crippen LogP contribution < -0.4 is 9.47 Å². The standard InChI is InChI=1S/C22H24N4O2S3.Au/c27-31(28,21-10-8-20(9-11-21)24-12-2-1-3-13-24)23-18-4-6-19(7-5-18)25-14-16-26(17-15-25)22(29)30;/h1-13,22,29-30H,14-17H2;/p-2. The van der Waals surface area contributed by atoms with Gasteiger partial charge < -0.3 is 39.8 Å². The van der Waals surface area contributed by atoms with Gasteiger partial charge in [-0.2, -0.15) is 4.57 Å². The Bertz CT molecular complexity index is 1100. The Labute approximate surface area is 216 Å². The number of anilines is 1. The second-order valence-electron chi connectivity index (χ2n) is 7.19. The van der Waals surface area contributed by atoms with Crippen LogP contribution in [0.3, 0.4) is 0 Å². The van der Waals surface area contributed by atoms with Gasteiger partial charge >= 0.3 is 0 Å². The fraction of sp³-hybridized carbons (Fsp3) is 0.227. The van der Waals surface area contributed by atoms with Gasteiger partial charge in [-0.1, -0.05) is 18.2 Å². The molecule has 0 unspecified atom stereocenters. The minimum absolute atomic E-state index is 0. The summed E-state index contributed by atoms with van der Waals surface area (Å²) in [5.74, 6) is 0. The fourth-order valence-electron chi connectivity index (χ4n) is 3.47. The van der Waals surface area contributed by atoms with Crippen LogP contribution in [0.4, 0.5) is 11.4 Å². The number of piperazine rings is 1. The van der Waals surface area contributed by atoms with E-state index in [1.54, 1.807) is 36.4 Å². The SMILES string of the molecule is O=S(=O)([N-]c1ccc(N2CCN(C([S-])[S-])CC2)cc1)c1ccc(-[n+]2ccccc2)cc1.[Au]. The van der Waals surface area contributed by atoms with Crippen molar-refractivity contribution in [2.45, 2.75) is 9.60 Å². The van der Waals surface area contributed by atoms with Gasteiger partial charge in [-0.15, -0.1) is 5.69 Å². The minimum Gasteiger partial charge on any atom is -0.800 e. The maximum absolute atomic E-state index is 12.7. The zero-order valence-electron chi connectivity index (χ0n) is 17.0. The molecule has 0 spiro atoms. The summed E-state index contributed by atoms with van der Waals surface area (Å²) in [5.41, 5.74) is 2.31. The van der Waals surface area contributed by atoms with Crippen molar-refractivity contribution in [3.8, 4) is 5.69 Å². The molecule has 0 N–H and O–H groups in total. The van der Waals surface area contributed by atoms with Crippen molar-refractivity contribution in [1.82, 2.24) is 4.90 Å². The van der Waals surface area contributed by atoms with Crippen LogP contribution in [-0.2, 0) is 57.7 Å². The molecule has 0 bridgehead atoms. The Morgan fingerprint density at radius 2 is 1.44 bits per heavy atom. The van der Waals surface area contributed by atoms with Crippen LogP contribution in [-0.4, -0.2) is 44.2 Å². The van der Waals surface area contributed by atoms with Crippen LogP contribution >= 0.6 is 0 Å². The smallest absolute Gasteiger partial charge is 0.210 e. The Balaban J connectivity index is 0.00000289. The van der Waals surface area contributed by atoms with E-state index in [2.05, 4.69) is 14.5 Å². The van der Waals surface area contributed by atoms with Crippen molar-refractivity contribution in [1.29, 1.82) is 0 Å². The molecule has 173 valence electrons. The van der Waals surface area contributed by atoms with Crippen LogP contribution in [0, 0.1) is 0 Å². The number of hydrogen-bond donors (Lipinski definition) is 0. The molecule has 32 heavy (non-hydrogen) atoms. The second kappa shape index (κ2) is 11.1. The van der Waals surface area contributed by atoms with Gasteiger partial charge in [0.15, 0.2) is 12.4 Å². The van der Waals surface area contributed by atoms with Crippen molar-refractivity contribution < 1.29 is 35.4 Å². The van der Waals surface area contributed by atoms with E-state index in [-0.39, 0.29) is 32.0 Å². The summed E-state index contributed by atoms with van der Waals surface area (Å²) in [7, 11) is -3.79. The maximum Gasteiger partial charge on any atom is 0.210 e. The zero-order chi connectivity index (χ0) is 21.8. The van der Waals surface area contributed by atoms with E-state index in [0.717, 1.165) is 37.6 Å². The molecule has 1 aliphatic rings. The Kier molecular flexibility index (Phi) is 8.74. The molecular formula is C22H22AuN4O2S3-2. The Morgan fingerprint density at radius 1 is 0.844 bits per heavy atom. The van der Waals surface area contributed by atoms with E-state index >= 15 is 0 Å². The third-order valence-electron chi connectivity index (χ3n) is 5.20. The first-order valence-corrected chi connectivity index (χ1v) is 12.3. The van der Waals surface area contributed by atoms with E-state index in [0.29, 0.717) is 5.69 Å². The second-order valence-corrected chi connectivity index (χ2v) is 9.99. The summed E-state index contributed by atoms with van der Waals surface area (Å²) in [6.45, 7) is 3.33. The average Bonchev–Trinajstić information content (AvgIpc) is 2.80. The first-order chi connectivity index (χ1) is 14.9. The normalized spacial score (nSPS) is 14.8. The van der Waals surface area contributed by atoms with Crippen LogP contribution in [0.15, 0.2) is 84.0 Å². The van der Waals surface area contributed by atoms with Gasteiger partial charge in [-0.05, 0) is 24.3 Å². The third-order valence-corrected chi connectivity index (χ3v) is 7.12. The zero-order valence-corrected chi connectivity index (χ0v) is 21.7. The fourth-order valence-corrected chi connectivity index (χ4v) is 4.87. The van der Waals surface area contributed by atoms with Gasteiger partial charge in [-0.25, -0.2) is 13.1 Å². The quantitative estimate of drug-likeness (QED) is 0.229. The molecule has 1 radical (unpaired) electrons. The molecule has 0 saturated carbocycles. The summed E-state index contributed by atoms with van der Waals surface area (Å²) in [6, 6.07) is 19.7. The van der Waals surface area contributed by atoms with E-state index < -0.39 is 10.0 Å². The van der Waals surface area contributed by atoms with Crippen LogP contribution in [0.5, 0.6) is 0 Å². The Hall–Kier alpha value is -1.46. The summed E-state index contributed by atoms with van der Waals surface area (Å²) >= 11 is 10.3. The maximum atomic E-state index is 12.7. The number of hydrogen-bond acceptors (Lipinski definition) is 6. The van der Waals surface area contributed by atoms with Crippen molar-refractivity contribution in [2.24, 2.45) is 0 Å². The molecule has 1 aliphatic heterocycles. The predicted octanol–water partition coefficient (Wildman–Crippen LogP) is 2.85. The molecule has 0 aliphatic carbocycles. The van der Waals surface area contributed by atoms with E-state index in [4.69, 9.17) is 25.3 Å². The predicted molar refractivity (Wildman–Crippen MR) is 127 cm³/mol. The molecule has 2 aromatic carbocycles. The summed E-state index contributed by atoms with van der Waals surface area (Å²) < 4.78 is 31.1. The van der Waals surface area contributed by atoms with Crippen LogP contribution in [0.2, 0.25) is 0 Å². The van der Waals surface area contributed by atoms with Crippen molar-refractivity contribution in [2.75, 3.05) is 31.1 Å². The van der Waals surface area contributed by atoms with E-state index in [1.165, 1.54) is 0 Å². The monoisotopic (exact) mass is 667 g/mol. The molecule has 3 aromatic rings. The molecule has 4 rings (SSSR count). The van der Waals surface area contributed by atoms with Crippen molar-refractivity contribution in [3.05, 3.63) is 83.8 Å². The van der Waals surface area contributed by atoms with Gasteiger partial charge in [0.1, 0.15) is 10.0 Å². The molecule has 1 aromatic heterocycles. The topological polar surface area (TPSA) is 58.6 Å². The number of benzene rings is 2. The van der Waals surface area contributed by atoms with Crippen molar-refractivity contribution in [3.63, 3.8) is 0 Å². The Morgan fingerprint density at radius 3 is 2.00 bits per heavy atom. The molecule has 6 nitrogen and oxygen atoms in total. The first kappa shape index (κ1) is 25.2. The van der Waals surface area contributed by atoms with Gasteiger partial charge in [0.25, 0.3) is 0 Å². The van der Waals surface area contributed by atoms with Gasteiger partial charge in [0, 0.05) is 78.5 Å². The number of nitrogens with zero attached hydrogens (tertiary/aromatic N) is 4. The number of rotatable bonds is 6. The van der Waals surface area contributed by atoms with Gasteiger partial charge in [0.2, 0.25) is 5.69 Å². The van der Waals surface area contributed by atoms with Gasteiger partial charge in [-0.3, -0.25) is 0 Å². The largest absolute Gasteiger partial charge is 0.800 e. The van der Waals surface area contributed by atoms with Gasteiger partial charge in [0.05, 0.1) is 4.90 Å². The van der Waals surface area contributed by atoms with E-state index in [1.807, 2.05) is 47.3 Å². The molecule has 0 atom stereocenters. The van der Waals surface area contributed by atoms with E-state index in [9.17, 15) is 8.42 Å². The summed E-state index contributed by atoms with van der Waals surface area (Å²) in [6.07, 6.45) is 3.81. The third kappa shape index (κ3) is 6.11. The summed E-state index contributed by atoms with van der Waals surface area (Å²) in [5, 5.41) is 0. The molecule has 2 heterocycles. The molecule has 1 saturated heterocycles. The molecule has 1 fully saturated rings. The number of aromatic nitrogens is 1. The minimum atomic E-state index is -3.79. The van der Waals surface area contributed by atoms with Crippen molar-refractivity contribution >= 4 is 46.7 Å². The first-order valence-electron chi connectivity index (χ1n) is 9.88. The molecule has 0 amide bonds. The molecule has 10 heteroatoms. The molecular weight excluding hydrogens is 645 g/mol.